The Morgan fingerprint density at radius 3 is 2.40 bits per heavy atom. The molecule has 0 heterocycles. The number of hydrogen-bond acceptors (Lipinski definition) is 0. The summed E-state index contributed by atoms with van der Waals surface area (Å²) in [4.78, 5) is 0. The molecule has 0 saturated carbocycles. The molecule has 0 aromatic rings. The fourth-order valence-electron chi connectivity index (χ4n) is 0.564. The molecule has 0 aromatic heterocycles. The lowest BCUT2D eigenvalue weighted by atomic mass is 10.2. The van der Waals surface area contributed by atoms with Crippen molar-refractivity contribution in [2.24, 2.45) is 0 Å². The maximum Gasteiger partial charge on any atom is -0.0138 e. The molecule has 0 aliphatic heterocycles. The molecule has 0 radical (unpaired) electrons. The van der Waals surface area contributed by atoms with E-state index < -0.39 is 0 Å². The van der Waals surface area contributed by atoms with Crippen molar-refractivity contribution in [1.29, 1.82) is 0 Å². The van der Waals surface area contributed by atoms with Crippen molar-refractivity contribution in [2.75, 3.05) is 0 Å². The second kappa shape index (κ2) is 5.04. The SMILES string of the molecule is C=C(C)C=CCC(C)=CC. The van der Waals surface area contributed by atoms with Crippen molar-refractivity contribution in [1.82, 2.24) is 0 Å². The Balaban J connectivity index is 3.64. The van der Waals surface area contributed by atoms with Gasteiger partial charge in [-0.25, -0.2) is 0 Å². The zero-order chi connectivity index (χ0) is 7.98. The van der Waals surface area contributed by atoms with E-state index in [1.54, 1.807) is 0 Å². The third-order valence-electron chi connectivity index (χ3n) is 1.33. The third kappa shape index (κ3) is 5.36. The lowest BCUT2D eigenvalue weighted by molar-refractivity contribution is 1.19. The molecule has 0 saturated heterocycles. The summed E-state index contributed by atoms with van der Waals surface area (Å²) in [7, 11) is 0. The largest absolute Gasteiger partial charge is 0.0961 e. The minimum Gasteiger partial charge on any atom is -0.0961 e. The highest BCUT2D eigenvalue weighted by Gasteiger charge is 1.80. The van der Waals surface area contributed by atoms with Crippen molar-refractivity contribution in [2.45, 2.75) is 27.2 Å². The summed E-state index contributed by atoms with van der Waals surface area (Å²) < 4.78 is 0. The Hall–Kier alpha value is -0.780. The summed E-state index contributed by atoms with van der Waals surface area (Å²) in [5, 5.41) is 0. The van der Waals surface area contributed by atoms with Crippen LogP contribution in [-0.4, -0.2) is 0 Å². The van der Waals surface area contributed by atoms with E-state index in [1.165, 1.54) is 5.57 Å². The molecule has 56 valence electrons. The zero-order valence-corrected chi connectivity index (χ0v) is 7.15. The number of allylic oxidation sites excluding steroid dienone is 5. The first-order valence-corrected chi connectivity index (χ1v) is 3.60. The molecule has 0 heteroatoms. The van der Waals surface area contributed by atoms with E-state index >= 15 is 0 Å². The molecular weight excluding hydrogens is 120 g/mol. The molecule has 10 heavy (non-hydrogen) atoms. The first-order valence-electron chi connectivity index (χ1n) is 3.60. The molecule has 0 aliphatic rings. The van der Waals surface area contributed by atoms with Crippen LogP contribution in [0, 0.1) is 0 Å². The average molecular weight is 136 g/mol. The summed E-state index contributed by atoms with van der Waals surface area (Å²) in [5.41, 5.74) is 2.52. The van der Waals surface area contributed by atoms with Gasteiger partial charge in [0.2, 0.25) is 0 Å². The van der Waals surface area contributed by atoms with Gasteiger partial charge < -0.3 is 0 Å². The lowest BCUT2D eigenvalue weighted by Crippen LogP contribution is -1.70. The van der Waals surface area contributed by atoms with E-state index in [2.05, 4.69) is 32.6 Å². The van der Waals surface area contributed by atoms with Crippen LogP contribution in [0.5, 0.6) is 0 Å². The highest BCUT2D eigenvalue weighted by molar-refractivity contribution is 5.14. The monoisotopic (exact) mass is 136 g/mol. The molecule has 0 nitrogen and oxygen atoms in total. The predicted molar refractivity (Wildman–Crippen MR) is 48.0 cm³/mol. The van der Waals surface area contributed by atoms with Crippen LogP contribution < -0.4 is 0 Å². The van der Waals surface area contributed by atoms with E-state index in [9.17, 15) is 0 Å². The second-order valence-electron chi connectivity index (χ2n) is 2.59. The second-order valence-corrected chi connectivity index (χ2v) is 2.59. The quantitative estimate of drug-likeness (QED) is 0.411. The minimum absolute atomic E-state index is 1.04. The lowest BCUT2D eigenvalue weighted by Gasteiger charge is -1.91. The smallest absolute Gasteiger partial charge is 0.0138 e. The van der Waals surface area contributed by atoms with Gasteiger partial charge in [0.05, 0.1) is 0 Å². The summed E-state index contributed by atoms with van der Waals surface area (Å²) in [6.07, 6.45) is 7.36. The van der Waals surface area contributed by atoms with E-state index in [0.29, 0.717) is 0 Å². The van der Waals surface area contributed by atoms with Gasteiger partial charge in [0.15, 0.2) is 0 Å². The summed E-state index contributed by atoms with van der Waals surface area (Å²) >= 11 is 0. The van der Waals surface area contributed by atoms with Crippen LogP contribution >= 0.6 is 0 Å². The van der Waals surface area contributed by atoms with Gasteiger partial charge in [-0.2, -0.15) is 0 Å². The van der Waals surface area contributed by atoms with Crippen molar-refractivity contribution >= 4 is 0 Å². The molecule has 0 atom stereocenters. The molecule has 0 unspecified atom stereocenters. The normalized spacial score (nSPS) is 12.5. The highest BCUT2D eigenvalue weighted by atomic mass is 13.9. The van der Waals surface area contributed by atoms with Crippen molar-refractivity contribution in [3.8, 4) is 0 Å². The average Bonchev–Trinajstić information content (AvgIpc) is 1.87. The van der Waals surface area contributed by atoms with Crippen molar-refractivity contribution in [3.05, 3.63) is 36.0 Å². The fraction of sp³-hybridized carbons (Fsp3) is 0.400. The highest BCUT2D eigenvalue weighted by Crippen LogP contribution is 2.01. The predicted octanol–water partition coefficient (Wildman–Crippen LogP) is 3.48. The molecule has 0 rings (SSSR count). The molecule has 0 spiro atoms. The van der Waals surface area contributed by atoms with Crippen molar-refractivity contribution in [3.63, 3.8) is 0 Å². The van der Waals surface area contributed by atoms with Crippen LogP contribution in [0.25, 0.3) is 0 Å². The number of hydrogen-bond donors (Lipinski definition) is 0. The Labute approximate surface area is 64.0 Å². The molecular formula is C10H16. The standard InChI is InChI=1S/C10H16/c1-5-10(4)8-6-7-9(2)3/h5-7H,2,8H2,1,3-4H3. The maximum atomic E-state index is 3.77. The molecule has 0 aromatic carbocycles. The Morgan fingerprint density at radius 2 is 2.00 bits per heavy atom. The summed E-state index contributed by atoms with van der Waals surface area (Å²) in [5.74, 6) is 0. The molecule has 0 amide bonds. The first kappa shape index (κ1) is 9.22. The van der Waals surface area contributed by atoms with Crippen LogP contribution in [0.2, 0.25) is 0 Å². The van der Waals surface area contributed by atoms with Crippen LogP contribution in [-0.2, 0) is 0 Å². The van der Waals surface area contributed by atoms with E-state index in [0.717, 1.165) is 12.0 Å². The minimum atomic E-state index is 1.04. The van der Waals surface area contributed by atoms with Gasteiger partial charge in [-0.15, -0.1) is 0 Å². The van der Waals surface area contributed by atoms with Gasteiger partial charge in [-0.05, 0) is 27.2 Å². The summed E-state index contributed by atoms with van der Waals surface area (Å²) in [6.45, 7) is 9.96. The molecule has 0 bridgehead atoms. The van der Waals surface area contributed by atoms with Crippen LogP contribution in [0.3, 0.4) is 0 Å². The maximum absolute atomic E-state index is 3.77. The van der Waals surface area contributed by atoms with E-state index in [-0.39, 0.29) is 0 Å². The topological polar surface area (TPSA) is 0 Å². The van der Waals surface area contributed by atoms with E-state index in [4.69, 9.17) is 0 Å². The Bertz CT molecular complexity index is 159. The van der Waals surface area contributed by atoms with Crippen LogP contribution in [0.1, 0.15) is 27.2 Å². The Morgan fingerprint density at radius 1 is 1.40 bits per heavy atom. The van der Waals surface area contributed by atoms with Crippen LogP contribution in [0.15, 0.2) is 36.0 Å². The van der Waals surface area contributed by atoms with Gasteiger partial charge in [0.1, 0.15) is 0 Å². The molecule has 0 fully saturated rings. The summed E-state index contributed by atoms with van der Waals surface area (Å²) in [6, 6.07) is 0. The van der Waals surface area contributed by atoms with Crippen molar-refractivity contribution < 1.29 is 0 Å². The first-order chi connectivity index (χ1) is 4.66. The van der Waals surface area contributed by atoms with Gasteiger partial charge in [-0.3, -0.25) is 0 Å². The molecule has 0 aliphatic carbocycles. The molecule has 0 N–H and O–H groups in total. The zero-order valence-electron chi connectivity index (χ0n) is 7.15. The third-order valence-corrected chi connectivity index (χ3v) is 1.33. The van der Waals surface area contributed by atoms with Gasteiger partial charge in [-0.1, -0.05) is 36.0 Å². The van der Waals surface area contributed by atoms with E-state index in [1.807, 2.05) is 13.0 Å². The van der Waals surface area contributed by atoms with Gasteiger partial charge in [0, 0.05) is 0 Å². The van der Waals surface area contributed by atoms with Gasteiger partial charge >= 0.3 is 0 Å². The van der Waals surface area contributed by atoms with Gasteiger partial charge in [0.25, 0.3) is 0 Å². The Kier molecular flexibility index (Phi) is 4.65. The van der Waals surface area contributed by atoms with Crippen LogP contribution in [0.4, 0.5) is 0 Å². The number of rotatable bonds is 3. The fourth-order valence-corrected chi connectivity index (χ4v) is 0.564.